The summed E-state index contributed by atoms with van der Waals surface area (Å²) in [6.07, 6.45) is -5.00. The van der Waals surface area contributed by atoms with E-state index in [2.05, 4.69) is 20.0 Å². The molecule has 0 aliphatic carbocycles. The summed E-state index contributed by atoms with van der Waals surface area (Å²) in [6, 6.07) is 10.2. The lowest BCUT2D eigenvalue weighted by Crippen LogP contribution is -2.49. The highest BCUT2D eigenvalue weighted by Crippen LogP contribution is 2.31. The van der Waals surface area contributed by atoms with Crippen LogP contribution in [0.3, 0.4) is 0 Å². The van der Waals surface area contributed by atoms with Gasteiger partial charge in [0, 0.05) is 31.9 Å². The molecule has 0 saturated carbocycles. The molecule has 1 aliphatic rings. The van der Waals surface area contributed by atoms with E-state index in [4.69, 9.17) is 0 Å². The van der Waals surface area contributed by atoms with Gasteiger partial charge in [-0.15, -0.1) is 23.4 Å². The van der Waals surface area contributed by atoms with Crippen molar-refractivity contribution >= 4 is 15.8 Å². The molecule has 1 aliphatic heterocycles. The molecule has 33 heavy (non-hydrogen) atoms. The van der Waals surface area contributed by atoms with Gasteiger partial charge in [-0.3, -0.25) is 0 Å². The van der Waals surface area contributed by atoms with Crippen LogP contribution in [0.1, 0.15) is 11.4 Å². The maximum absolute atomic E-state index is 13.0. The SMILES string of the molecule is Cc1cc(C)n(-c2ccc(N3CCN(S(=O)(=O)c4ccccc4OC(F)(F)F)CC3)nn2)n1. The highest BCUT2D eigenvalue weighted by atomic mass is 32.2. The van der Waals surface area contributed by atoms with E-state index in [1.54, 1.807) is 16.8 Å². The number of hydrogen-bond donors (Lipinski definition) is 0. The first-order chi connectivity index (χ1) is 15.5. The van der Waals surface area contributed by atoms with Gasteiger partial charge in [-0.05, 0) is 44.2 Å². The van der Waals surface area contributed by atoms with E-state index < -0.39 is 27.0 Å². The van der Waals surface area contributed by atoms with Gasteiger partial charge in [-0.25, -0.2) is 13.1 Å². The van der Waals surface area contributed by atoms with Gasteiger partial charge < -0.3 is 9.64 Å². The van der Waals surface area contributed by atoms with Crippen molar-refractivity contribution < 1.29 is 26.3 Å². The van der Waals surface area contributed by atoms with Gasteiger partial charge in [0.25, 0.3) is 0 Å². The summed E-state index contributed by atoms with van der Waals surface area (Å²) in [5.41, 5.74) is 1.78. The number of para-hydroxylation sites is 1. The molecule has 13 heteroatoms. The molecule has 176 valence electrons. The molecule has 0 radical (unpaired) electrons. The number of aromatic nitrogens is 4. The molecule has 0 amide bonds. The molecule has 0 unspecified atom stereocenters. The van der Waals surface area contributed by atoms with Crippen molar-refractivity contribution in [2.24, 2.45) is 0 Å². The van der Waals surface area contributed by atoms with E-state index in [1.807, 2.05) is 24.8 Å². The van der Waals surface area contributed by atoms with Crippen LogP contribution < -0.4 is 9.64 Å². The number of piperazine rings is 1. The standard InChI is InChI=1S/C20H21F3N6O3S/c1-14-13-15(2)29(26-14)19-8-7-18(24-25-19)27-9-11-28(12-10-27)33(30,31)17-6-4-3-5-16(17)32-20(21,22)23/h3-8,13H,9-12H2,1-2H3. The molecule has 1 aromatic carbocycles. The second kappa shape index (κ2) is 8.63. The van der Waals surface area contributed by atoms with Crippen LogP contribution in [0.4, 0.5) is 19.0 Å². The molecule has 3 heterocycles. The fourth-order valence-electron chi connectivity index (χ4n) is 3.63. The lowest BCUT2D eigenvalue weighted by molar-refractivity contribution is -0.275. The number of anilines is 1. The zero-order chi connectivity index (χ0) is 23.8. The van der Waals surface area contributed by atoms with Gasteiger partial charge in [0.2, 0.25) is 10.0 Å². The zero-order valence-corrected chi connectivity index (χ0v) is 18.6. The average molecular weight is 482 g/mol. The van der Waals surface area contributed by atoms with Gasteiger partial charge in [0.1, 0.15) is 10.6 Å². The first-order valence-corrected chi connectivity index (χ1v) is 11.5. The summed E-state index contributed by atoms with van der Waals surface area (Å²) < 4.78 is 70.8. The van der Waals surface area contributed by atoms with Gasteiger partial charge in [-0.2, -0.15) is 9.40 Å². The van der Waals surface area contributed by atoms with E-state index in [-0.39, 0.29) is 13.1 Å². The number of nitrogens with zero attached hydrogens (tertiary/aromatic N) is 6. The van der Waals surface area contributed by atoms with Crippen LogP contribution in [0, 0.1) is 13.8 Å². The van der Waals surface area contributed by atoms with Crippen LogP contribution in [-0.2, 0) is 10.0 Å². The lowest BCUT2D eigenvalue weighted by atomic mass is 10.3. The highest BCUT2D eigenvalue weighted by molar-refractivity contribution is 7.89. The van der Waals surface area contributed by atoms with Crippen molar-refractivity contribution in [3.63, 3.8) is 0 Å². The van der Waals surface area contributed by atoms with Crippen molar-refractivity contribution in [2.75, 3.05) is 31.1 Å². The van der Waals surface area contributed by atoms with Crippen LogP contribution in [0.25, 0.3) is 5.82 Å². The predicted octanol–water partition coefficient (Wildman–Crippen LogP) is 2.69. The molecular weight excluding hydrogens is 461 g/mol. The highest BCUT2D eigenvalue weighted by Gasteiger charge is 2.36. The molecular formula is C20H21F3N6O3S. The Morgan fingerprint density at radius 3 is 2.15 bits per heavy atom. The second-order valence-electron chi connectivity index (χ2n) is 7.47. The van der Waals surface area contributed by atoms with Crippen molar-refractivity contribution in [1.82, 2.24) is 24.3 Å². The Morgan fingerprint density at radius 2 is 1.58 bits per heavy atom. The Kier molecular flexibility index (Phi) is 6.01. The minimum absolute atomic E-state index is 0.0730. The van der Waals surface area contributed by atoms with E-state index in [9.17, 15) is 21.6 Å². The summed E-state index contributed by atoms with van der Waals surface area (Å²) in [7, 11) is -4.18. The molecule has 3 aromatic rings. The van der Waals surface area contributed by atoms with Gasteiger partial charge in [-0.1, -0.05) is 12.1 Å². The Bertz CT molecular complexity index is 1240. The van der Waals surface area contributed by atoms with Crippen molar-refractivity contribution in [3.8, 4) is 11.6 Å². The average Bonchev–Trinajstić information content (AvgIpc) is 3.11. The van der Waals surface area contributed by atoms with Crippen molar-refractivity contribution in [2.45, 2.75) is 25.1 Å². The first kappa shape index (κ1) is 23.0. The normalized spacial score (nSPS) is 15.6. The minimum Gasteiger partial charge on any atom is -0.404 e. The molecule has 1 fully saturated rings. The second-order valence-corrected chi connectivity index (χ2v) is 9.38. The zero-order valence-electron chi connectivity index (χ0n) is 17.8. The Labute approximate surface area is 188 Å². The third-order valence-corrected chi connectivity index (χ3v) is 7.06. The van der Waals surface area contributed by atoms with E-state index in [0.717, 1.165) is 27.8 Å². The third kappa shape index (κ3) is 4.93. The van der Waals surface area contributed by atoms with Crippen LogP contribution in [0.15, 0.2) is 47.4 Å². The number of rotatable bonds is 5. The minimum atomic E-state index is -5.00. The lowest BCUT2D eigenvalue weighted by Gasteiger charge is -2.34. The maximum Gasteiger partial charge on any atom is 0.573 e. The molecule has 9 nitrogen and oxygen atoms in total. The predicted molar refractivity (Wildman–Crippen MR) is 113 cm³/mol. The fraction of sp³-hybridized carbons (Fsp3) is 0.350. The molecule has 2 aromatic heterocycles. The monoisotopic (exact) mass is 482 g/mol. The number of alkyl halides is 3. The number of aryl methyl sites for hydroxylation is 2. The molecule has 0 spiro atoms. The smallest absolute Gasteiger partial charge is 0.404 e. The molecule has 4 rings (SSSR count). The van der Waals surface area contributed by atoms with E-state index in [0.29, 0.717) is 24.7 Å². The summed E-state index contributed by atoms with van der Waals surface area (Å²) in [6.45, 7) is 4.54. The molecule has 0 N–H and O–H groups in total. The van der Waals surface area contributed by atoms with Gasteiger partial charge in [0.15, 0.2) is 11.6 Å². The molecule has 1 saturated heterocycles. The van der Waals surface area contributed by atoms with Gasteiger partial charge >= 0.3 is 6.36 Å². The number of halogens is 3. The quantitative estimate of drug-likeness (QED) is 0.552. The number of ether oxygens (including phenoxy) is 1. The summed E-state index contributed by atoms with van der Waals surface area (Å²) >= 11 is 0. The molecule has 0 bridgehead atoms. The number of hydrogen-bond acceptors (Lipinski definition) is 7. The van der Waals surface area contributed by atoms with Crippen molar-refractivity contribution in [3.05, 3.63) is 53.9 Å². The van der Waals surface area contributed by atoms with E-state index in [1.165, 1.54) is 12.1 Å². The summed E-state index contributed by atoms with van der Waals surface area (Å²) in [4.78, 5) is 1.34. The Morgan fingerprint density at radius 1 is 0.939 bits per heavy atom. The van der Waals surface area contributed by atoms with Crippen LogP contribution in [0.2, 0.25) is 0 Å². The molecule has 0 atom stereocenters. The number of benzene rings is 1. The largest absolute Gasteiger partial charge is 0.573 e. The van der Waals surface area contributed by atoms with E-state index >= 15 is 0 Å². The third-order valence-electron chi connectivity index (χ3n) is 5.12. The summed E-state index contributed by atoms with van der Waals surface area (Å²) in [5.74, 6) is 0.378. The Balaban J connectivity index is 1.46. The summed E-state index contributed by atoms with van der Waals surface area (Å²) in [5, 5.41) is 12.8. The fourth-order valence-corrected chi connectivity index (χ4v) is 5.17. The van der Waals surface area contributed by atoms with Crippen LogP contribution >= 0.6 is 0 Å². The topological polar surface area (TPSA) is 93.5 Å². The van der Waals surface area contributed by atoms with Crippen molar-refractivity contribution in [1.29, 1.82) is 0 Å². The van der Waals surface area contributed by atoms with Crippen LogP contribution in [-0.4, -0.2) is 65.2 Å². The maximum atomic E-state index is 13.0. The Hall–Kier alpha value is -3.19. The van der Waals surface area contributed by atoms with Crippen LogP contribution in [0.5, 0.6) is 5.75 Å². The number of sulfonamides is 1. The van der Waals surface area contributed by atoms with Gasteiger partial charge in [0.05, 0.1) is 5.69 Å². The first-order valence-electron chi connectivity index (χ1n) is 10.0.